The van der Waals surface area contributed by atoms with Crippen LogP contribution in [0.1, 0.15) is 0 Å². The van der Waals surface area contributed by atoms with E-state index in [9.17, 15) is 4.79 Å². The van der Waals surface area contributed by atoms with Crippen LogP contribution in [0, 0.1) is 0 Å². The van der Waals surface area contributed by atoms with Gasteiger partial charge in [-0.3, -0.25) is 4.79 Å². The smallest absolute Gasteiger partial charge is 0.325 e. The van der Waals surface area contributed by atoms with Gasteiger partial charge in [-0.1, -0.05) is 0 Å². The van der Waals surface area contributed by atoms with E-state index in [-0.39, 0.29) is 18.5 Å². The van der Waals surface area contributed by atoms with E-state index < -0.39 is 0 Å². The van der Waals surface area contributed by atoms with Crippen molar-refractivity contribution in [3.05, 3.63) is 6.07 Å². The van der Waals surface area contributed by atoms with Gasteiger partial charge >= 0.3 is 5.97 Å². The predicted octanol–water partition coefficient (Wildman–Crippen LogP) is -0.315. The largest absolute Gasteiger partial charge is 0.468 e. The van der Waals surface area contributed by atoms with Gasteiger partial charge in [0.25, 0.3) is 0 Å². The van der Waals surface area contributed by atoms with E-state index in [1.54, 1.807) is 13.1 Å². The van der Waals surface area contributed by atoms with Crippen molar-refractivity contribution in [3.63, 3.8) is 0 Å². The molecule has 1 aromatic heterocycles. The van der Waals surface area contributed by atoms with Crippen molar-refractivity contribution in [2.24, 2.45) is 0 Å². The molecular formula is C8H13N5O2. The number of carbonyl (C=O) groups is 1. The van der Waals surface area contributed by atoms with Crippen LogP contribution in [-0.2, 0) is 9.53 Å². The van der Waals surface area contributed by atoms with E-state index in [4.69, 9.17) is 5.73 Å². The topological polar surface area (TPSA) is 102 Å². The predicted molar refractivity (Wildman–Crippen MR) is 56.5 cm³/mol. The molecule has 0 unspecified atom stereocenters. The van der Waals surface area contributed by atoms with Gasteiger partial charge in [0.05, 0.1) is 7.11 Å². The zero-order chi connectivity index (χ0) is 11.3. The normalized spacial score (nSPS) is 9.47. The SMILES string of the molecule is CNc1cc(NCC(=O)OC)nc(N)n1. The van der Waals surface area contributed by atoms with E-state index in [2.05, 4.69) is 25.3 Å². The number of carbonyl (C=O) groups excluding carboxylic acids is 1. The molecule has 0 fully saturated rings. The molecule has 1 heterocycles. The number of rotatable bonds is 4. The number of hydrogen-bond donors (Lipinski definition) is 3. The van der Waals surface area contributed by atoms with Gasteiger partial charge in [-0.2, -0.15) is 9.97 Å². The number of anilines is 3. The lowest BCUT2D eigenvalue weighted by Crippen LogP contribution is -2.16. The summed E-state index contributed by atoms with van der Waals surface area (Å²) in [4.78, 5) is 18.6. The first-order valence-electron chi connectivity index (χ1n) is 4.28. The molecule has 0 saturated carbocycles. The lowest BCUT2D eigenvalue weighted by Gasteiger charge is -2.06. The van der Waals surface area contributed by atoms with E-state index in [0.29, 0.717) is 11.6 Å². The molecule has 82 valence electrons. The van der Waals surface area contributed by atoms with Gasteiger partial charge in [0.1, 0.15) is 18.2 Å². The van der Waals surface area contributed by atoms with Crippen molar-refractivity contribution in [3.8, 4) is 0 Å². The summed E-state index contributed by atoms with van der Waals surface area (Å²) in [6.45, 7) is 0.0378. The van der Waals surface area contributed by atoms with E-state index in [0.717, 1.165) is 0 Å². The minimum atomic E-state index is -0.377. The first kappa shape index (κ1) is 11.0. The molecule has 0 bridgehead atoms. The minimum absolute atomic E-state index is 0.0378. The third-order valence-electron chi connectivity index (χ3n) is 1.64. The van der Waals surface area contributed by atoms with Crippen molar-refractivity contribution in [1.29, 1.82) is 0 Å². The van der Waals surface area contributed by atoms with Crippen LogP contribution in [0.15, 0.2) is 6.07 Å². The molecule has 1 aromatic rings. The van der Waals surface area contributed by atoms with Crippen molar-refractivity contribution < 1.29 is 9.53 Å². The summed E-state index contributed by atoms with van der Waals surface area (Å²) in [6.07, 6.45) is 0. The molecule has 0 aliphatic rings. The Kier molecular flexibility index (Phi) is 3.67. The van der Waals surface area contributed by atoms with Crippen molar-refractivity contribution >= 4 is 23.6 Å². The van der Waals surface area contributed by atoms with Crippen LogP contribution in [0.3, 0.4) is 0 Å². The van der Waals surface area contributed by atoms with E-state index in [1.807, 2.05) is 0 Å². The summed E-state index contributed by atoms with van der Waals surface area (Å²) in [5.74, 6) is 0.805. The van der Waals surface area contributed by atoms with Gasteiger partial charge < -0.3 is 21.1 Å². The summed E-state index contributed by atoms with van der Waals surface area (Å²) < 4.78 is 4.47. The summed E-state index contributed by atoms with van der Waals surface area (Å²) >= 11 is 0. The zero-order valence-electron chi connectivity index (χ0n) is 8.57. The van der Waals surface area contributed by atoms with Crippen molar-refractivity contribution in [2.75, 3.05) is 37.1 Å². The number of nitrogens with two attached hydrogens (primary N) is 1. The number of aromatic nitrogens is 2. The highest BCUT2D eigenvalue weighted by Gasteiger charge is 2.03. The number of nitrogens with zero attached hydrogens (tertiary/aromatic N) is 2. The molecule has 1 rings (SSSR count). The lowest BCUT2D eigenvalue weighted by molar-refractivity contribution is -0.138. The molecule has 0 radical (unpaired) electrons. The van der Waals surface area contributed by atoms with Gasteiger partial charge in [0, 0.05) is 13.1 Å². The third-order valence-corrected chi connectivity index (χ3v) is 1.64. The van der Waals surface area contributed by atoms with Crippen LogP contribution in [0.2, 0.25) is 0 Å². The molecule has 7 nitrogen and oxygen atoms in total. The Morgan fingerprint density at radius 1 is 1.53 bits per heavy atom. The lowest BCUT2D eigenvalue weighted by atomic mass is 10.5. The molecule has 0 saturated heterocycles. The molecular weight excluding hydrogens is 198 g/mol. The summed E-state index contributed by atoms with van der Waals surface area (Å²) in [7, 11) is 3.03. The maximum atomic E-state index is 10.8. The molecule has 0 aromatic carbocycles. The Bertz CT molecular complexity index is 355. The second-order valence-corrected chi connectivity index (χ2v) is 2.68. The Balaban J connectivity index is 2.68. The number of methoxy groups -OCH3 is 1. The first-order valence-corrected chi connectivity index (χ1v) is 4.28. The monoisotopic (exact) mass is 211 g/mol. The molecule has 0 spiro atoms. The number of nitrogens with one attached hydrogen (secondary N) is 2. The molecule has 15 heavy (non-hydrogen) atoms. The fraction of sp³-hybridized carbons (Fsp3) is 0.375. The van der Waals surface area contributed by atoms with Crippen LogP contribution in [0.25, 0.3) is 0 Å². The van der Waals surface area contributed by atoms with Gasteiger partial charge in [-0.25, -0.2) is 0 Å². The number of nitrogen functional groups attached to an aromatic ring is 1. The highest BCUT2D eigenvalue weighted by Crippen LogP contribution is 2.11. The second-order valence-electron chi connectivity index (χ2n) is 2.68. The standard InChI is InChI=1S/C8H13N5O2/c1-10-5-3-6(13-8(9)12-5)11-4-7(14)15-2/h3H,4H2,1-2H3,(H4,9,10,11,12,13). The number of ether oxygens (including phenoxy) is 1. The molecule has 7 heteroatoms. The fourth-order valence-corrected chi connectivity index (χ4v) is 0.919. The second kappa shape index (κ2) is 4.99. The Hall–Kier alpha value is -2.05. The van der Waals surface area contributed by atoms with Crippen LogP contribution in [0.4, 0.5) is 17.6 Å². The fourth-order valence-electron chi connectivity index (χ4n) is 0.919. The maximum Gasteiger partial charge on any atom is 0.325 e. The zero-order valence-corrected chi connectivity index (χ0v) is 8.57. The molecule has 0 aliphatic heterocycles. The molecule has 0 aliphatic carbocycles. The molecule has 0 atom stereocenters. The van der Waals surface area contributed by atoms with Crippen molar-refractivity contribution in [2.45, 2.75) is 0 Å². The highest BCUT2D eigenvalue weighted by molar-refractivity contribution is 5.74. The Morgan fingerprint density at radius 2 is 2.20 bits per heavy atom. The number of esters is 1. The van der Waals surface area contributed by atoms with Crippen LogP contribution in [-0.4, -0.2) is 36.6 Å². The Morgan fingerprint density at radius 3 is 2.80 bits per heavy atom. The van der Waals surface area contributed by atoms with Crippen LogP contribution < -0.4 is 16.4 Å². The van der Waals surface area contributed by atoms with E-state index in [1.165, 1.54) is 7.11 Å². The van der Waals surface area contributed by atoms with Crippen molar-refractivity contribution in [1.82, 2.24) is 9.97 Å². The van der Waals surface area contributed by atoms with Crippen LogP contribution in [0.5, 0.6) is 0 Å². The van der Waals surface area contributed by atoms with Crippen LogP contribution >= 0.6 is 0 Å². The summed E-state index contributed by atoms with van der Waals surface area (Å²) in [6, 6.07) is 1.64. The maximum absolute atomic E-state index is 10.8. The third kappa shape index (κ3) is 3.29. The van der Waals surface area contributed by atoms with Gasteiger partial charge in [-0.05, 0) is 0 Å². The highest BCUT2D eigenvalue weighted by atomic mass is 16.5. The van der Waals surface area contributed by atoms with Gasteiger partial charge in [0.15, 0.2) is 0 Å². The number of hydrogen-bond acceptors (Lipinski definition) is 7. The summed E-state index contributed by atoms with van der Waals surface area (Å²) in [5, 5.41) is 5.59. The van der Waals surface area contributed by atoms with E-state index >= 15 is 0 Å². The Labute approximate surface area is 87.0 Å². The van der Waals surface area contributed by atoms with Gasteiger partial charge in [0.2, 0.25) is 5.95 Å². The average Bonchev–Trinajstić information content (AvgIpc) is 2.25. The average molecular weight is 211 g/mol. The molecule has 4 N–H and O–H groups in total. The molecule has 0 amide bonds. The minimum Gasteiger partial charge on any atom is -0.468 e. The first-order chi connectivity index (χ1) is 7.15. The quantitative estimate of drug-likeness (QED) is 0.587. The van der Waals surface area contributed by atoms with Gasteiger partial charge in [-0.15, -0.1) is 0 Å². The summed E-state index contributed by atoms with van der Waals surface area (Å²) in [5.41, 5.74) is 5.46.